The van der Waals surface area contributed by atoms with Gasteiger partial charge < -0.3 is 5.11 Å². The summed E-state index contributed by atoms with van der Waals surface area (Å²) >= 11 is 0. The first kappa shape index (κ1) is 8.62. The molecule has 0 bridgehead atoms. The van der Waals surface area contributed by atoms with E-state index >= 15 is 0 Å². The van der Waals surface area contributed by atoms with Gasteiger partial charge >= 0.3 is 0 Å². The van der Waals surface area contributed by atoms with Crippen molar-refractivity contribution in [3.05, 3.63) is 29.8 Å². The first-order valence-corrected chi connectivity index (χ1v) is 4.17. The van der Waals surface area contributed by atoms with Crippen molar-refractivity contribution in [2.75, 3.05) is 0 Å². The van der Waals surface area contributed by atoms with Gasteiger partial charge in [0, 0.05) is 6.42 Å². The van der Waals surface area contributed by atoms with Crippen LogP contribution in [0.25, 0.3) is 0 Å². The molecule has 0 aromatic heterocycles. The third kappa shape index (κ3) is 1.85. The second-order valence-corrected chi connectivity index (χ2v) is 2.97. The quantitative estimate of drug-likeness (QED) is 0.750. The minimum absolute atomic E-state index is 0.224. The molecule has 1 amide bonds. The number of phenolic OH excluding ortho intramolecular Hbond substituents is 1. The number of nitrogens with zero attached hydrogens (tertiary/aromatic N) is 2. The fourth-order valence-corrected chi connectivity index (χ4v) is 1.20. The van der Waals surface area contributed by atoms with E-state index in [1.807, 2.05) is 0 Å². The molecular weight excluding hydrogens is 180 g/mol. The lowest BCUT2D eigenvalue weighted by molar-refractivity contribution is -0.111. The van der Waals surface area contributed by atoms with Crippen LogP contribution < -0.4 is 0 Å². The zero-order valence-electron chi connectivity index (χ0n) is 7.34. The van der Waals surface area contributed by atoms with Crippen LogP contribution in [0.3, 0.4) is 0 Å². The molecule has 0 aliphatic carbocycles. The van der Waals surface area contributed by atoms with Crippen LogP contribution in [0.1, 0.15) is 5.56 Å². The lowest BCUT2D eigenvalue weighted by Crippen LogP contribution is -1.96. The Morgan fingerprint density at radius 1 is 1.21 bits per heavy atom. The van der Waals surface area contributed by atoms with Gasteiger partial charge in [0.2, 0.25) is 0 Å². The average Bonchev–Trinajstić information content (AvgIpc) is 2.56. The SMILES string of the molecule is O=C1C=NC(Cc2ccc(O)cc2)=N1. The van der Waals surface area contributed by atoms with Crippen molar-refractivity contribution < 1.29 is 9.90 Å². The van der Waals surface area contributed by atoms with E-state index in [1.165, 1.54) is 6.21 Å². The molecule has 0 saturated carbocycles. The van der Waals surface area contributed by atoms with Crippen molar-refractivity contribution in [2.24, 2.45) is 9.98 Å². The molecule has 4 nitrogen and oxygen atoms in total. The maximum Gasteiger partial charge on any atom is 0.289 e. The van der Waals surface area contributed by atoms with E-state index in [1.54, 1.807) is 24.3 Å². The summed E-state index contributed by atoms with van der Waals surface area (Å²) in [6.07, 6.45) is 1.72. The molecule has 0 spiro atoms. The maximum atomic E-state index is 10.7. The van der Waals surface area contributed by atoms with Gasteiger partial charge in [0.25, 0.3) is 5.91 Å². The van der Waals surface area contributed by atoms with Gasteiger partial charge in [-0.1, -0.05) is 12.1 Å². The van der Waals surface area contributed by atoms with Crippen LogP contribution in [0.5, 0.6) is 5.75 Å². The Labute approximate surface area is 80.6 Å². The molecule has 0 saturated heterocycles. The number of carbonyl (C=O) groups is 1. The molecule has 1 N–H and O–H groups in total. The van der Waals surface area contributed by atoms with Gasteiger partial charge in [-0.05, 0) is 17.7 Å². The zero-order chi connectivity index (χ0) is 9.97. The number of amides is 1. The van der Waals surface area contributed by atoms with Gasteiger partial charge in [-0.2, -0.15) is 4.99 Å². The van der Waals surface area contributed by atoms with Crippen LogP contribution in [0.2, 0.25) is 0 Å². The van der Waals surface area contributed by atoms with Crippen LogP contribution in [0, 0.1) is 0 Å². The topological polar surface area (TPSA) is 62.0 Å². The number of hydrogen-bond acceptors (Lipinski definition) is 3. The molecule has 0 radical (unpaired) electrons. The van der Waals surface area contributed by atoms with E-state index in [-0.39, 0.29) is 11.7 Å². The number of hydrogen-bond donors (Lipinski definition) is 1. The maximum absolute atomic E-state index is 10.7. The number of benzene rings is 1. The van der Waals surface area contributed by atoms with E-state index in [0.29, 0.717) is 12.3 Å². The Morgan fingerprint density at radius 2 is 1.93 bits per heavy atom. The molecule has 0 atom stereocenters. The van der Waals surface area contributed by atoms with E-state index in [0.717, 1.165) is 5.56 Å². The number of carbonyl (C=O) groups excluding carboxylic acids is 1. The highest BCUT2D eigenvalue weighted by Gasteiger charge is 2.08. The molecule has 1 heterocycles. The van der Waals surface area contributed by atoms with Crippen LogP contribution in [0.4, 0.5) is 0 Å². The number of aliphatic imine (C=N–C) groups is 2. The summed E-state index contributed by atoms with van der Waals surface area (Å²) in [6.45, 7) is 0. The summed E-state index contributed by atoms with van der Waals surface area (Å²) in [5.41, 5.74) is 0.966. The van der Waals surface area contributed by atoms with Crippen molar-refractivity contribution in [3.63, 3.8) is 0 Å². The summed E-state index contributed by atoms with van der Waals surface area (Å²) < 4.78 is 0. The largest absolute Gasteiger partial charge is 0.508 e. The molecule has 1 aliphatic rings. The first-order chi connectivity index (χ1) is 6.74. The highest BCUT2D eigenvalue weighted by Crippen LogP contribution is 2.11. The predicted molar refractivity (Wildman–Crippen MR) is 52.7 cm³/mol. The van der Waals surface area contributed by atoms with E-state index in [9.17, 15) is 4.79 Å². The van der Waals surface area contributed by atoms with Crippen molar-refractivity contribution in [2.45, 2.75) is 6.42 Å². The Morgan fingerprint density at radius 3 is 2.50 bits per heavy atom. The molecular formula is C10H8N2O2. The summed E-state index contributed by atoms with van der Waals surface area (Å²) in [5, 5.41) is 9.05. The monoisotopic (exact) mass is 188 g/mol. The van der Waals surface area contributed by atoms with Gasteiger partial charge in [0.15, 0.2) is 0 Å². The summed E-state index contributed by atoms with van der Waals surface area (Å²) in [7, 11) is 0. The Balaban J connectivity index is 2.12. The second-order valence-electron chi connectivity index (χ2n) is 2.97. The predicted octanol–water partition coefficient (Wildman–Crippen LogP) is 0.944. The van der Waals surface area contributed by atoms with Gasteiger partial charge in [-0.25, -0.2) is 4.99 Å². The van der Waals surface area contributed by atoms with Crippen LogP contribution in [-0.2, 0) is 11.2 Å². The number of amidine groups is 1. The first-order valence-electron chi connectivity index (χ1n) is 4.17. The average molecular weight is 188 g/mol. The van der Waals surface area contributed by atoms with Crippen molar-refractivity contribution in [1.82, 2.24) is 0 Å². The summed E-state index contributed by atoms with van der Waals surface area (Å²) in [5.74, 6) is 0.432. The van der Waals surface area contributed by atoms with Crippen LogP contribution in [-0.4, -0.2) is 23.1 Å². The van der Waals surface area contributed by atoms with Crippen molar-refractivity contribution in [1.29, 1.82) is 0 Å². The van der Waals surface area contributed by atoms with Gasteiger partial charge in [-0.15, -0.1) is 0 Å². The van der Waals surface area contributed by atoms with Crippen LogP contribution >= 0.6 is 0 Å². The van der Waals surface area contributed by atoms with Crippen molar-refractivity contribution >= 4 is 18.0 Å². The fourth-order valence-electron chi connectivity index (χ4n) is 1.20. The smallest absolute Gasteiger partial charge is 0.289 e. The number of aromatic hydroxyl groups is 1. The molecule has 4 heteroatoms. The van der Waals surface area contributed by atoms with Crippen LogP contribution in [0.15, 0.2) is 34.3 Å². The molecule has 0 fully saturated rings. The molecule has 0 unspecified atom stereocenters. The lowest BCUT2D eigenvalue weighted by atomic mass is 10.1. The molecule has 14 heavy (non-hydrogen) atoms. The molecule has 1 aromatic carbocycles. The van der Waals surface area contributed by atoms with E-state index in [2.05, 4.69) is 9.98 Å². The molecule has 70 valence electrons. The van der Waals surface area contributed by atoms with Gasteiger partial charge in [0.1, 0.15) is 11.6 Å². The minimum atomic E-state index is -0.307. The van der Waals surface area contributed by atoms with Gasteiger partial charge in [-0.3, -0.25) is 4.79 Å². The zero-order valence-corrected chi connectivity index (χ0v) is 7.34. The third-order valence-electron chi connectivity index (χ3n) is 1.86. The standard InChI is InChI=1S/C10H8N2O2/c13-8-3-1-7(2-4-8)5-9-11-6-10(14)12-9/h1-4,6,13H,5H2. The highest BCUT2D eigenvalue weighted by molar-refractivity contribution is 6.34. The molecule has 1 aliphatic heterocycles. The normalized spacial score (nSPS) is 14.6. The van der Waals surface area contributed by atoms with Crippen molar-refractivity contribution in [3.8, 4) is 5.75 Å². The fraction of sp³-hybridized carbons (Fsp3) is 0.100. The highest BCUT2D eigenvalue weighted by atomic mass is 16.3. The Bertz CT molecular complexity index is 418. The molecule has 2 rings (SSSR count). The Kier molecular flexibility index (Phi) is 2.10. The Hall–Kier alpha value is -1.97. The van der Waals surface area contributed by atoms with E-state index in [4.69, 9.17) is 5.11 Å². The number of rotatable bonds is 2. The summed E-state index contributed by atoms with van der Waals surface area (Å²) in [6, 6.07) is 6.74. The van der Waals surface area contributed by atoms with Gasteiger partial charge in [0.05, 0.1) is 6.21 Å². The van der Waals surface area contributed by atoms with E-state index < -0.39 is 0 Å². The second kappa shape index (κ2) is 3.41. The minimum Gasteiger partial charge on any atom is -0.508 e. The summed E-state index contributed by atoms with van der Waals surface area (Å²) in [4.78, 5) is 18.3. The third-order valence-corrected chi connectivity index (χ3v) is 1.86. The lowest BCUT2D eigenvalue weighted by Gasteiger charge is -1.98. The number of phenols is 1. The molecule has 1 aromatic rings.